The van der Waals surface area contributed by atoms with E-state index in [1.807, 2.05) is 31.2 Å². The van der Waals surface area contributed by atoms with Crippen LogP contribution in [0, 0.1) is 6.92 Å². The molecule has 0 spiro atoms. The van der Waals surface area contributed by atoms with Crippen LogP contribution in [0.2, 0.25) is 5.02 Å². The van der Waals surface area contributed by atoms with Gasteiger partial charge in [0.05, 0.1) is 17.7 Å². The number of ether oxygens (including phenoxy) is 1. The maximum Gasteiger partial charge on any atom is 0.264 e. The number of hydrogen-bond donors (Lipinski definition) is 1. The number of halogens is 1. The maximum absolute atomic E-state index is 13.8. The Labute approximate surface area is 229 Å². The van der Waals surface area contributed by atoms with Crippen molar-refractivity contribution in [2.45, 2.75) is 38.3 Å². The molecule has 0 aliphatic carbocycles. The molecule has 3 aromatic carbocycles. The number of hydrogen-bond acceptors (Lipinski definition) is 5. The third-order valence-electron chi connectivity index (χ3n) is 6.16. The molecule has 8 nitrogen and oxygen atoms in total. The molecule has 0 aromatic heterocycles. The summed E-state index contributed by atoms with van der Waals surface area (Å²) in [7, 11) is -2.68. The smallest absolute Gasteiger partial charge is 0.264 e. The van der Waals surface area contributed by atoms with E-state index >= 15 is 0 Å². The van der Waals surface area contributed by atoms with Gasteiger partial charge in [0.1, 0.15) is 18.3 Å². The van der Waals surface area contributed by atoms with Crippen molar-refractivity contribution < 1.29 is 22.7 Å². The fourth-order valence-electron chi connectivity index (χ4n) is 3.89. The number of carbonyl (C=O) groups is 2. The van der Waals surface area contributed by atoms with Crippen LogP contribution >= 0.6 is 11.6 Å². The zero-order chi connectivity index (χ0) is 27.9. The van der Waals surface area contributed by atoms with Crippen LogP contribution in [0.5, 0.6) is 5.75 Å². The van der Waals surface area contributed by atoms with Gasteiger partial charge in [-0.3, -0.25) is 13.9 Å². The van der Waals surface area contributed by atoms with Gasteiger partial charge >= 0.3 is 0 Å². The Morgan fingerprint density at radius 2 is 1.63 bits per heavy atom. The minimum atomic E-state index is -4.17. The van der Waals surface area contributed by atoms with Crippen LogP contribution in [0.3, 0.4) is 0 Å². The summed E-state index contributed by atoms with van der Waals surface area (Å²) in [5.41, 5.74) is 2.07. The molecular weight excluding hydrogens is 526 g/mol. The van der Waals surface area contributed by atoms with E-state index in [-0.39, 0.29) is 23.0 Å². The van der Waals surface area contributed by atoms with E-state index in [9.17, 15) is 18.0 Å². The highest BCUT2D eigenvalue weighted by atomic mass is 35.5. The van der Waals surface area contributed by atoms with Crippen molar-refractivity contribution in [1.29, 1.82) is 0 Å². The van der Waals surface area contributed by atoms with Crippen molar-refractivity contribution in [3.8, 4) is 5.75 Å². The molecule has 0 fully saturated rings. The lowest BCUT2D eigenvalue weighted by Gasteiger charge is -2.32. The van der Waals surface area contributed by atoms with Gasteiger partial charge in [-0.15, -0.1) is 0 Å². The van der Waals surface area contributed by atoms with Gasteiger partial charge in [0.2, 0.25) is 11.8 Å². The normalized spacial score (nSPS) is 11.9. The van der Waals surface area contributed by atoms with E-state index in [0.29, 0.717) is 17.3 Å². The molecular formula is C28H32ClN3O5S. The Bertz CT molecular complexity index is 1360. The highest BCUT2D eigenvalue weighted by molar-refractivity contribution is 7.92. The Balaban J connectivity index is 2.03. The van der Waals surface area contributed by atoms with E-state index < -0.39 is 28.5 Å². The van der Waals surface area contributed by atoms with E-state index in [1.165, 1.54) is 48.4 Å². The minimum Gasteiger partial charge on any atom is -0.497 e. The molecule has 1 N–H and O–H groups in total. The first-order valence-electron chi connectivity index (χ1n) is 12.1. The van der Waals surface area contributed by atoms with E-state index in [4.69, 9.17) is 16.3 Å². The number of likely N-dealkylation sites (N-methyl/N-ethyl adjacent to an activating group) is 1. The summed E-state index contributed by atoms with van der Waals surface area (Å²) in [5.74, 6) is -0.359. The summed E-state index contributed by atoms with van der Waals surface area (Å²) in [6.07, 6.45) is 0. The molecule has 1 atom stereocenters. The number of methoxy groups -OCH3 is 1. The largest absolute Gasteiger partial charge is 0.497 e. The van der Waals surface area contributed by atoms with E-state index in [2.05, 4.69) is 5.32 Å². The molecule has 0 unspecified atom stereocenters. The van der Waals surface area contributed by atoms with Crippen LogP contribution in [-0.4, -0.2) is 51.4 Å². The lowest BCUT2D eigenvalue weighted by Crippen LogP contribution is -2.51. The van der Waals surface area contributed by atoms with Gasteiger partial charge in [-0.05, 0) is 80.4 Å². The number of nitrogens with zero attached hydrogens (tertiary/aromatic N) is 2. The summed E-state index contributed by atoms with van der Waals surface area (Å²) in [4.78, 5) is 28.0. The predicted octanol–water partition coefficient (Wildman–Crippen LogP) is 4.41. The number of benzene rings is 3. The van der Waals surface area contributed by atoms with Gasteiger partial charge in [0.15, 0.2) is 0 Å². The number of carbonyl (C=O) groups excluding carboxylic acids is 2. The number of sulfonamides is 1. The molecule has 0 saturated heterocycles. The van der Waals surface area contributed by atoms with Gasteiger partial charge in [-0.25, -0.2) is 8.42 Å². The Morgan fingerprint density at radius 3 is 2.21 bits per heavy atom. The van der Waals surface area contributed by atoms with Crippen molar-refractivity contribution in [3.05, 3.63) is 88.9 Å². The molecule has 10 heteroatoms. The Hall–Kier alpha value is -3.56. The number of rotatable bonds is 11. The first-order chi connectivity index (χ1) is 18.1. The summed E-state index contributed by atoms with van der Waals surface area (Å²) < 4.78 is 33.8. The molecule has 0 saturated carbocycles. The first kappa shape index (κ1) is 29.0. The topological polar surface area (TPSA) is 96.0 Å². The predicted molar refractivity (Wildman–Crippen MR) is 149 cm³/mol. The van der Waals surface area contributed by atoms with Crippen molar-refractivity contribution >= 4 is 39.1 Å². The quantitative estimate of drug-likeness (QED) is 0.377. The lowest BCUT2D eigenvalue weighted by molar-refractivity contribution is -0.139. The molecule has 0 radical (unpaired) electrons. The third-order valence-corrected chi connectivity index (χ3v) is 8.20. The SMILES string of the molecule is CCNC(=O)[C@@H](C)N(Cc1ccccc1C)C(=O)CN(c1ccc(Cl)cc1)S(=O)(=O)c1ccc(OC)cc1. The monoisotopic (exact) mass is 557 g/mol. The molecule has 3 rings (SSSR count). The molecule has 0 bridgehead atoms. The van der Waals surface area contributed by atoms with Crippen molar-refractivity contribution in [1.82, 2.24) is 10.2 Å². The standard InChI is InChI=1S/C28H32ClN3O5S/c1-5-30-28(34)21(3)31(18-22-9-7-6-8-20(22)2)27(33)19-32(24-12-10-23(29)11-13-24)38(35,36)26-16-14-25(37-4)15-17-26/h6-17,21H,5,18-19H2,1-4H3,(H,30,34)/t21-/m1/s1. The molecule has 2 amide bonds. The van der Waals surface area contributed by atoms with E-state index in [1.54, 1.807) is 26.0 Å². The fourth-order valence-corrected chi connectivity index (χ4v) is 5.43. The minimum absolute atomic E-state index is 0.0109. The summed E-state index contributed by atoms with van der Waals surface area (Å²) in [6.45, 7) is 5.36. The van der Waals surface area contributed by atoms with Crippen LogP contribution < -0.4 is 14.4 Å². The van der Waals surface area contributed by atoms with Crippen LogP contribution in [0.15, 0.2) is 77.7 Å². The van der Waals surface area contributed by atoms with Crippen molar-refractivity contribution in [3.63, 3.8) is 0 Å². The van der Waals surface area contributed by atoms with Gasteiger partial charge in [0, 0.05) is 18.1 Å². The van der Waals surface area contributed by atoms with Crippen LogP contribution in [0.25, 0.3) is 0 Å². The van der Waals surface area contributed by atoms with Crippen LogP contribution in [0.1, 0.15) is 25.0 Å². The Morgan fingerprint density at radius 1 is 1.00 bits per heavy atom. The Kier molecular flexibility index (Phi) is 9.77. The zero-order valence-electron chi connectivity index (χ0n) is 21.8. The lowest BCUT2D eigenvalue weighted by atomic mass is 10.1. The first-order valence-corrected chi connectivity index (χ1v) is 13.9. The fraction of sp³-hybridized carbons (Fsp3) is 0.286. The average Bonchev–Trinajstić information content (AvgIpc) is 2.91. The molecule has 38 heavy (non-hydrogen) atoms. The van der Waals surface area contributed by atoms with E-state index in [0.717, 1.165) is 15.4 Å². The van der Waals surface area contributed by atoms with Gasteiger partial charge < -0.3 is 15.0 Å². The number of nitrogens with one attached hydrogen (secondary N) is 1. The van der Waals surface area contributed by atoms with Crippen LogP contribution in [-0.2, 0) is 26.2 Å². The molecule has 3 aromatic rings. The zero-order valence-corrected chi connectivity index (χ0v) is 23.4. The molecule has 0 aliphatic heterocycles. The second-order valence-electron chi connectivity index (χ2n) is 8.68. The average molecular weight is 558 g/mol. The number of aryl methyl sites for hydroxylation is 1. The van der Waals surface area contributed by atoms with Gasteiger partial charge in [-0.1, -0.05) is 35.9 Å². The third kappa shape index (κ3) is 6.85. The maximum atomic E-state index is 13.8. The van der Waals surface area contributed by atoms with Gasteiger partial charge in [-0.2, -0.15) is 0 Å². The molecule has 202 valence electrons. The second-order valence-corrected chi connectivity index (χ2v) is 11.0. The van der Waals surface area contributed by atoms with Crippen molar-refractivity contribution in [2.24, 2.45) is 0 Å². The summed E-state index contributed by atoms with van der Waals surface area (Å²) in [5, 5.41) is 3.17. The number of amides is 2. The highest BCUT2D eigenvalue weighted by Crippen LogP contribution is 2.27. The molecule has 0 aliphatic rings. The number of anilines is 1. The summed E-state index contributed by atoms with van der Waals surface area (Å²) >= 11 is 6.05. The van der Waals surface area contributed by atoms with Crippen molar-refractivity contribution in [2.75, 3.05) is 24.5 Å². The second kappa shape index (κ2) is 12.8. The van der Waals surface area contributed by atoms with Gasteiger partial charge in [0.25, 0.3) is 10.0 Å². The molecule has 0 heterocycles. The summed E-state index contributed by atoms with van der Waals surface area (Å²) in [6, 6.07) is 18.8. The van der Waals surface area contributed by atoms with Crippen LogP contribution in [0.4, 0.5) is 5.69 Å². The highest BCUT2D eigenvalue weighted by Gasteiger charge is 2.32.